The van der Waals surface area contributed by atoms with Gasteiger partial charge in [0.1, 0.15) is 24.7 Å². The first kappa shape index (κ1) is 17.5. The van der Waals surface area contributed by atoms with Crippen LogP contribution in [0.2, 0.25) is 0 Å². The normalized spacial score (nSPS) is 18.0. The maximum absolute atomic E-state index is 5.53. The van der Waals surface area contributed by atoms with E-state index >= 15 is 0 Å². The van der Waals surface area contributed by atoms with E-state index in [0.29, 0.717) is 6.04 Å². The average molecular weight is 340 g/mol. The zero-order valence-corrected chi connectivity index (χ0v) is 15.6. The number of benzene rings is 2. The summed E-state index contributed by atoms with van der Waals surface area (Å²) >= 11 is 0. The van der Waals surface area contributed by atoms with Gasteiger partial charge >= 0.3 is 0 Å². The summed E-state index contributed by atoms with van der Waals surface area (Å²) in [6.45, 7) is 11.2. The van der Waals surface area contributed by atoms with E-state index in [1.807, 2.05) is 24.3 Å². The summed E-state index contributed by atoms with van der Waals surface area (Å²) in [5.74, 6) is 1.94. The van der Waals surface area contributed by atoms with Gasteiger partial charge in [0.2, 0.25) is 0 Å². The molecule has 2 aromatic rings. The van der Waals surface area contributed by atoms with Crippen LogP contribution in [0.1, 0.15) is 33.3 Å². The molecule has 1 atom stereocenters. The highest BCUT2D eigenvalue weighted by molar-refractivity contribution is 5.60. The van der Waals surface area contributed by atoms with Crippen LogP contribution in [-0.2, 0) is 5.41 Å². The van der Waals surface area contributed by atoms with Crippen molar-refractivity contribution in [1.29, 1.82) is 0 Å². The predicted molar refractivity (Wildman–Crippen MR) is 104 cm³/mol. The van der Waals surface area contributed by atoms with Gasteiger partial charge in [-0.2, -0.15) is 0 Å². The third-order valence-corrected chi connectivity index (χ3v) is 4.30. The Morgan fingerprint density at radius 2 is 1.72 bits per heavy atom. The quantitative estimate of drug-likeness (QED) is 0.731. The van der Waals surface area contributed by atoms with E-state index < -0.39 is 0 Å². The molecule has 134 valence electrons. The average Bonchev–Trinajstić information content (AvgIpc) is 2.61. The van der Waals surface area contributed by atoms with Gasteiger partial charge in [-0.05, 0) is 42.2 Å². The number of fused-ring (bicyclic) bond motifs is 2. The van der Waals surface area contributed by atoms with Crippen molar-refractivity contribution in [3.8, 4) is 11.5 Å². The van der Waals surface area contributed by atoms with Gasteiger partial charge in [-0.15, -0.1) is 0 Å². The van der Waals surface area contributed by atoms with Crippen LogP contribution in [-0.4, -0.2) is 25.8 Å². The van der Waals surface area contributed by atoms with Crippen LogP contribution in [0.15, 0.2) is 42.5 Å². The third-order valence-electron chi connectivity index (χ3n) is 4.30. The highest BCUT2D eigenvalue weighted by Crippen LogP contribution is 2.32. The summed E-state index contributed by atoms with van der Waals surface area (Å²) in [6.07, 6.45) is 0. The maximum Gasteiger partial charge on any atom is 0.142 e. The number of nitrogens with one attached hydrogen (secondary N) is 2. The van der Waals surface area contributed by atoms with E-state index in [-0.39, 0.29) is 5.41 Å². The van der Waals surface area contributed by atoms with Gasteiger partial charge in [0.25, 0.3) is 0 Å². The lowest BCUT2D eigenvalue weighted by Gasteiger charge is -2.24. The van der Waals surface area contributed by atoms with Crippen molar-refractivity contribution >= 4 is 11.4 Å². The van der Waals surface area contributed by atoms with Crippen LogP contribution in [0.5, 0.6) is 11.5 Å². The minimum absolute atomic E-state index is 0.203. The summed E-state index contributed by atoms with van der Waals surface area (Å²) in [7, 11) is 0. The number of anilines is 2. The lowest BCUT2D eigenvalue weighted by Crippen LogP contribution is -2.27. The number of hydrogen-bond acceptors (Lipinski definition) is 4. The zero-order chi connectivity index (χ0) is 17.9. The lowest BCUT2D eigenvalue weighted by molar-refractivity contribution is 0.292. The Hall–Kier alpha value is -2.36. The monoisotopic (exact) mass is 340 g/mol. The Labute approximate surface area is 150 Å². The Bertz CT molecular complexity index is 722. The molecule has 0 fully saturated rings. The molecule has 0 amide bonds. The second-order valence-electron chi connectivity index (χ2n) is 7.59. The summed E-state index contributed by atoms with van der Waals surface area (Å²) in [6, 6.07) is 14.8. The second kappa shape index (κ2) is 7.26. The second-order valence-corrected chi connectivity index (χ2v) is 7.59. The molecule has 0 bridgehead atoms. The van der Waals surface area contributed by atoms with Crippen molar-refractivity contribution in [2.75, 3.05) is 30.4 Å². The first-order valence-corrected chi connectivity index (χ1v) is 8.93. The zero-order valence-electron chi connectivity index (χ0n) is 15.6. The molecule has 2 aromatic carbocycles. The van der Waals surface area contributed by atoms with Gasteiger partial charge in [-0.3, -0.25) is 0 Å². The Kier molecular flexibility index (Phi) is 5.07. The number of hydrogen-bond donors (Lipinski definition) is 2. The predicted octanol–water partition coefficient (Wildman–Crippen LogP) is 4.67. The van der Waals surface area contributed by atoms with Crippen LogP contribution < -0.4 is 20.1 Å². The summed E-state index contributed by atoms with van der Waals surface area (Å²) in [5.41, 5.74) is 3.78. The molecule has 4 heteroatoms. The first-order chi connectivity index (χ1) is 11.9. The molecule has 2 aliphatic rings. The number of rotatable bonds is 0. The minimum atomic E-state index is 0.203. The van der Waals surface area contributed by atoms with E-state index in [1.54, 1.807) is 0 Å². The minimum Gasteiger partial charge on any atom is -0.490 e. The summed E-state index contributed by atoms with van der Waals surface area (Å²) < 4.78 is 11.0. The SMILES string of the molecule is CC(C)(C)c1ccc2c(c1)NCCO2.CC1COc2ccccc2N1. The van der Waals surface area contributed by atoms with Crippen molar-refractivity contribution < 1.29 is 9.47 Å². The molecule has 4 nitrogen and oxygen atoms in total. The molecule has 0 spiro atoms. The summed E-state index contributed by atoms with van der Waals surface area (Å²) in [4.78, 5) is 0. The molecule has 0 aliphatic carbocycles. The van der Waals surface area contributed by atoms with Crippen molar-refractivity contribution in [2.24, 2.45) is 0 Å². The Morgan fingerprint density at radius 3 is 2.52 bits per heavy atom. The highest BCUT2D eigenvalue weighted by Gasteiger charge is 2.17. The smallest absolute Gasteiger partial charge is 0.142 e. The Balaban J connectivity index is 0.000000150. The van der Waals surface area contributed by atoms with Crippen molar-refractivity contribution in [3.63, 3.8) is 0 Å². The van der Waals surface area contributed by atoms with Crippen LogP contribution in [0, 0.1) is 0 Å². The fraction of sp³-hybridized carbons (Fsp3) is 0.429. The molecule has 0 aromatic heterocycles. The van der Waals surface area contributed by atoms with Crippen LogP contribution in [0.3, 0.4) is 0 Å². The molecule has 25 heavy (non-hydrogen) atoms. The van der Waals surface area contributed by atoms with Crippen molar-refractivity contribution in [1.82, 2.24) is 0 Å². The molecule has 1 unspecified atom stereocenters. The molecule has 0 saturated heterocycles. The van der Waals surface area contributed by atoms with Gasteiger partial charge < -0.3 is 20.1 Å². The topological polar surface area (TPSA) is 42.5 Å². The highest BCUT2D eigenvalue weighted by atomic mass is 16.5. The molecule has 2 N–H and O–H groups in total. The number of ether oxygens (including phenoxy) is 2. The van der Waals surface area contributed by atoms with Crippen LogP contribution >= 0.6 is 0 Å². The van der Waals surface area contributed by atoms with E-state index in [0.717, 1.165) is 42.6 Å². The molecule has 2 aliphatic heterocycles. The molecule has 0 radical (unpaired) electrons. The van der Waals surface area contributed by atoms with E-state index in [9.17, 15) is 0 Å². The maximum atomic E-state index is 5.53. The molecule has 0 saturated carbocycles. The van der Waals surface area contributed by atoms with E-state index in [4.69, 9.17) is 9.47 Å². The summed E-state index contributed by atoms with van der Waals surface area (Å²) in [5, 5.41) is 6.68. The van der Waals surface area contributed by atoms with Crippen molar-refractivity contribution in [2.45, 2.75) is 39.2 Å². The first-order valence-electron chi connectivity index (χ1n) is 8.93. The van der Waals surface area contributed by atoms with Gasteiger partial charge in [-0.25, -0.2) is 0 Å². The van der Waals surface area contributed by atoms with Gasteiger partial charge in [-0.1, -0.05) is 39.0 Å². The fourth-order valence-electron chi connectivity index (χ4n) is 2.84. The van der Waals surface area contributed by atoms with Gasteiger partial charge in [0.05, 0.1) is 17.4 Å². The largest absolute Gasteiger partial charge is 0.490 e. The standard InChI is InChI=1S/C12H17NO.C9H11NO/c1-12(2,3)9-4-5-11-10(8-9)13-6-7-14-11;1-7-6-11-9-5-3-2-4-8(9)10-7/h4-5,8,13H,6-7H2,1-3H3;2-5,7,10H,6H2,1H3. The van der Waals surface area contributed by atoms with E-state index in [2.05, 4.69) is 56.5 Å². The van der Waals surface area contributed by atoms with Gasteiger partial charge in [0, 0.05) is 6.54 Å². The Morgan fingerprint density at radius 1 is 0.960 bits per heavy atom. The van der Waals surface area contributed by atoms with Gasteiger partial charge in [0.15, 0.2) is 0 Å². The third kappa shape index (κ3) is 4.38. The molecular weight excluding hydrogens is 312 g/mol. The number of para-hydroxylation sites is 2. The van der Waals surface area contributed by atoms with Crippen LogP contribution in [0.4, 0.5) is 11.4 Å². The fourth-order valence-corrected chi connectivity index (χ4v) is 2.84. The van der Waals surface area contributed by atoms with Crippen molar-refractivity contribution in [3.05, 3.63) is 48.0 Å². The van der Waals surface area contributed by atoms with E-state index in [1.165, 1.54) is 5.56 Å². The molecule has 4 rings (SSSR count). The molecular formula is C21H28N2O2. The molecule has 2 heterocycles. The van der Waals surface area contributed by atoms with Crippen LogP contribution in [0.25, 0.3) is 0 Å². The lowest BCUT2D eigenvalue weighted by atomic mass is 9.86.